The Kier molecular flexibility index (Phi) is 7.70. The van der Waals surface area contributed by atoms with Crippen molar-refractivity contribution in [1.82, 2.24) is 0 Å². The Labute approximate surface area is 196 Å². The molecule has 0 aliphatic heterocycles. The van der Waals surface area contributed by atoms with Gasteiger partial charge in [-0.3, -0.25) is 0 Å². The second kappa shape index (κ2) is 11.5. The van der Waals surface area contributed by atoms with E-state index in [4.69, 9.17) is 5.11 Å². The Morgan fingerprint density at radius 2 is 0.636 bits per heavy atom. The first-order chi connectivity index (χ1) is 16.3. The first kappa shape index (κ1) is 22.1. The molecule has 5 aromatic rings. The molecule has 0 saturated carbocycles. The third-order valence-electron chi connectivity index (χ3n) is 5.50. The van der Waals surface area contributed by atoms with Crippen LogP contribution in [0.3, 0.4) is 0 Å². The summed E-state index contributed by atoms with van der Waals surface area (Å²) in [5, 5.41) is 8.63. The molecule has 5 rings (SSSR count). The first-order valence-electron chi connectivity index (χ1n) is 11.3. The van der Waals surface area contributed by atoms with Crippen molar-refractivity contribution in [3.05, 3.63) is 162 Å². The van der Waals surface area contributed by atoms with Crippen molar-refractivity contribution >= 4 is 0 Å². The lowest BCUT2D eigenvalue weighted by Gasteiger charge is -2.07. The first-order valence-corrected chi connectivity index (χ1v) is 11.3. The van der Waals surface area contributed by atoms with Crippen LogP contribution in [0.4, 0.5) is 0 Å². The summed E-state index contributed by atoms with van der Waals surface area (Å²) in [4.78, 5) is 0. The maximum Gasteiger partial charge on any atom is 0.115 e. The van der Waals surface area contributed by atoms with Crippen molar-refractivity contribution in [2.45, 2.75) is 12.8 Å². The molecule has 1 heteroatoms. The van der Waals surface area contributed by atoms with Gasteiger partial charge in [-0.15, -0.1) is 0 Å². The van der Waals surface area contributed by atoms with Gasteiger partial charge < -0.3 is 5.11 Å². The van der Waals surface area contributed by atoms with E-state index in [0.29, 0.717) is 5.75 Å². The largest absolute Gasteiger partial charge is 0.508 e. The molecule has 0 aliphatic carbocycles. The molecule has 1 N–H and O–H groups in total. The normalized spacial score (nSPS) is 10.2. The number of benzene rings is 5. The van der Waals surface area contributed by atoms with Gasteiger partial charge in [-0.2, -0.15) is 0 Å². The summed E-state index contributed by atoms with van der Waals surface area (Å²) < 4.78 is 0. The second-order valence-corrected chi connectivity index (χ2v) is 8.05. The minimum absolute atomic E-state index is 0.322. The summed E-state index contributed by atoms with van der Waals surface area (Å²) in [6.07, 6.45) is 1.97. The van der Waals surface area contributed by atoms with Crippen LogP contribution in [0.2, 0.25) is 0 Å². The van der Waals surface area contributed by atoms with E-state index in [2.05, 4.69) is 109 Å². The van der Waals surface area contributed by atoms with Crippen molar-refractivity contribution < 1.29 is 5.11 Å². The van der Waals surface area contributed by atoms with E-state index in [1.54, 1.807) is 24.3 Å². The van der Waals surface area contributed by atoms with E-state index < -0.39 is 0 Å². The summed E-state index contributed by atoms with van der Waals surface area (Å²) in [5.41, 5.74) is 7.94. The highest BCUT2D eigenvalue weighted by atomic mass is 16.3. The highest BCUT2D eigenvalue weighted by molar-refractivity contribution is 5.64. The van der Waals surface area contributed by atoms with Gasteiger partial charge in [0.2, 0.25) is 0 Å². The predicted octanol–water partition coefficient (Wildman–Crippen LogP) is 7.93. The SMILES string of the molecule is Oc1ccccc1.c1ccc(Cc2ccc(-c3ccc(Cc4ccccc4)cc3)cc2)cc1. The van der Waals surface area contributed by atoms with Crippen LogP contribution in [0.5, 0.6) is 5.75 Å². The van der Waals surface area contributed by atoms with E-state index in [1.807, 2.05) is 6.07 Å². The summed E-state index contributed by atoms with van der Waals surface area (Å²) in [5.74, 6) is 0.322. The van der Waals surface area contributed by atoms with Crippen LogP contribution in [0.1, 0.15) is 22.3 Å². The number of rotatable bonds is 5. The van der Waals surface area contributed by atoms with Crippen LogP contribution in [0.15, 0.2) is 140 Å². The van der Waals surface area contributed by atoms with Gasteiger partial charge in [0, 0.05) is 0 Å². The summed E-state index contributed by atoms with van der Waals surface area (Å²) in [6.45, 7) is 0. The van der Waals surface area contributed by atoms with Crippen molar-refractivity contribution in [3.63, 3.8) is 0 Å². The molecule has 0 unspecified atom stereocenters. The highest BCUT2D eigenvalue weighted by Crippen LogP contribution is 2.22. The molecule has 0 saturated heterocycles. The highest BCUT2D eigenvalue weighted by Gasteiger charge is 2.01. The van der Waals surface area contributed by atoms with Crippen molar-refractivity contribution in [1.29, 1.82) is 0 Å². The van der Waals surface area contributed by atoms with Gasteiger partial charge in [-0.05, 0) is 58.4 Å². The average Bonchev–Trinajstić information content (AvgIpc) is 2.87. The molecule has 0 atom stereocenters. The average molecular weight is 429 g/mol. The Hall–Kier alpha value is -4.10. The molecule has 0 spiro atoms. The lowest BCUT2D eigenvalue weighted by Crippen LogP contribution is -1.89. The quantitative estimate of drug-likeness (QED) is 0.301. The zero-order valence-electron chi connectivity index (χ0n) is 18.6. The molecular weight excluding hydrogens is 400 g/mol. The molecular formula is C32H28O. The van der Waals surface area contributed by atoms with Gasteiger partial charge in [-0.25, -0.2) is 0 Å². The van der Waals surface area contributed by atoms with Crippen LogP contribution < -0.4 is 0 Å². The molecule has 1 nitrogen and oxygen atoms in total. The molecule has 33 heavy (non-hydrogen) atoms. The molecule has 0 amide bonds. The van der Waals surface area contributed by atoms with Gasteiger partial charge in [-0.1, -0.05) is 127 Å². The lowest BCUT2D eigenvalue weighted by atomic mass is 9.98. The van der Waals surface area contributed by atoms with Crippen molar-refractivity contribution in [2.24, 2.45) is 0 Å². The van der Waals surface area contributed by atoms with E-state index in [-0.39, 0.29) is 0 Å². The topological polar surface area (TPSA) is 20.2 Å². The third-order valence-corrected chi connectivity index (χ3v) is 5.50. The fraction of sp³-hybridized carbons (Fsp3) is 0.0625. The molecule has 0 fully saturated rings. The minimum Gasteiger partial charge on any atom is -0.508 e. The monoisotopic (exact) mass is 428 g/mol. The molecule has 5 aromatic carbocycles. The van der Waals surface area contributed by atoms with E-state index in [9.17, 15) is 0 Å². The van der Waals surface area contributed by atoms with Crippen LogP contribution >= 0.6 is 0 Å². The summed E-state index contributed by atoms with van der Waals surface area (Å²) in [6, 6.07) is 47.8. The number of hydrogen-bond acceptors (Lipinski definition) is 1. The van der Waals surface area contributed by atoms with Crippen LogP contribution in [-0.4, -0.2) is 5.11 Å². The number of hydrogen-bond donors (Lipinski definition) is 1. The van der Waals surface area contributed by atoms with Gasteiger partial charge in [0.15, 0.2) is 0 Å². The zero-order chi connectivity index (χ0) is 22.7. The molecule has 0 bridgehead atoms. The van der Waals surface area contributed by atoms with Crippen molar-refractivity contribution in [3.8, 4) is 16.9 Å². The summed E-state index contributed by atoms with van der Waals surface area (Å²) >= 11 is 0. The number of phenolic OH excluding ortho intramolecular Hbond substituents is 1. The van der Waals surface area contributed by atoms with E-state index >= 15 is 0 Å². The van der Waals surface area contributed by atoms with Gasteiger partial charge in [0.05, 0.1) is 0 Å². The van der Waals surface area contributed by atoms with Gasteiger partial charge >= 0.3 is 0 Å². The fourth-order valence-corrected chi connectivity index (χ4v) is 3.72. The van der Waals surface area contributed by atoms with Crippen molar-refractivity contribution in [2.75, 3.05) is 0 Å². The molecule has 0 aliphatic rings. The number of para-hydroxylation sites is 1. The maximum absolute atomic E-state index is 8.63. The fourth-order valence-electron chi connectivity index (χ4n) is 3.72. The lowest BCUT2D eigenvalue weighted by molar-refractivity contribution is 0.475. The number of phenols is 1. The standard InChI is InChI=1S/C26H22.C6H6O/c1-3-7-21(8-4-1)19-23-11-15-25(16-12-23)26-17-13-24(14-18-26)20-22-9-5-2-6-10-22;7-6-4-2-1-3-5-6/h1-18H,19-20H2;1-5,7H. The summed E-state index contributed by atoms with van der Waals surface area (Å²) in [7, 11) is 0. The molecule has 0 aromatic heterocycles. The van der Waals surface area contributed by atoms with Crippen LogP contribution in [0, 0.1) is 0 Å². The van der Waals surface area contributed by atoms with Gasteiger partial charge in [0.1, 0.15) is 5.75 Å². The Morgan fingerprint density at radius 1 is 0.333 bits per heavy atom. The number of aromatic hydroxyl groups is 1. The van der Waals surface area contributed by atoms with Gasteiger partial charge in [0.25, 0.3) is 0 Å². The predicted molar refractivity (Wildman–Crippen MR) is 138 cm³/mol. The molecule has 162 valence electrons. The van der Waals surface area contributed by atoms with E-state index in [0.717, 1.165) is 12.8 Å². The van der Waals surface area contributed by atoms with Crippen LogP contribution in [0.25, 0.3) is 11.1 Å². The zero-order valence-corrected chi connectivity index (χ0v) is 18.6. The van der Waals surface area contributed by atoms with E-state index in [1.165, 1.54) is 33.4 Å². The molecule has 0 radical (unpaired) electrons. The second-order valence-electron chi connectivity index (χ2n) is 8.05. The molecule has 0 heterocycles. The maximum atomic E-state index is 8.63. The smallest absolute Gasteiger partial charge is 0.115 e. The Bertz CT molecular complexity index is 1130. The Balaban J connectivity index is 0.000000318. The Morgan fingerprint density at radius 3 is 0.939 bits per heavy atom. The third kappa shape index (κ3) is 6.95. The van der Waals surface area contributed by atoms with Crippen LogP contribution in [-0.2, 0) is 12.8 Å². The minimum atomic E-state index is 0.322.